The van der Waals surface area contributed by atoms with Crippen molar-refractivity contribution < 1.29 is 14.6 Å². The maximum Gasteiger partial charge on any atom is 0.256 e. The van der Waals surface area contributed by atoms with Gasteiger partial charge >= 0.3 is 0 Å². The molecule has 0 saturated heterocycles. The summed E-state index contributed by atoms with van der Waals surface area (Å²) in [7, 11) is 1.69. The van der Waals surface area contributed by atoms with Gasteiger partial charge in [0.1, 0.15) is 5.15 Å². The largest absolute Gasteiger partial charge is 0.389 e. The quantitative estimate of drug-likeness (QED) is 0.754. The van der Waals surface area contributed by atoms with Gasteiger partial charge in [0, 0.05) is 20.2 Å². The Labute approximate surface area is 129 Å². The summed E-state index contributed by atoms with van der Waals surface area (Å²) in [6.07, 6.45) is 2.34. The van der Waals surface area contributed by atoms with Gasteiger partial charge in [-0.3, -0.25) is 9.48 Å². The molecule has 1 aromatic rings. The second kappa shape index (κ2) is 7.24. The van der Waals surface area contributed by atoms with E-state index in [9.17, 15) is 9.90 Å². The predicted octanol–water partition coefficient (Wildman–Crippen LogP) is 1.15. The molecule has 118 valence electrons. The molecule has 1 amide bonds. The van der Waals surface area contributed by atoms with Crippen molar-refractivity contribution in [2.45, 2.75) is 32.3 Å². The molecule has 1 fully saturated rings. The summed E-state index contributed by atoms with van der Waals surface area (Å²) in [5.41, 5.74) is 1.03. The van der Waals surface area contributed by atoms with Crippen LogP contribution < -0.4 is 5.32 Å². The molecule has 1 aliphatic rings. The van der Waals surface area contributed by atoms with E-state index < -0.39 is 6.10 Å². The third-order valence-electron chi connectivity index (χ3n) is 3.47. The van der Waals surface area contributed by atoms with Crippen molar-refractivity contribution >= 4 is 17.5 Å². The summed E-state index contributed by atoms with van der Waals surface area (Å²) in [6.45, 7) is 2.98. The summed E-state index contributed by atoms with van der Waals surface area (Å²) >= 11 is 6.08. The number of nitrogens with zero attached hydrogens (tertiary/aromatic N) is 2. The molecule has 2 N–H and O–H groups in total. The first kappa shape index (κ1) is 16.3. The minimum Gasteiger partial charge on any atom is -0.389 e. The first-order valence-electron chi connectivity index (χ1n) is 7.28. The molecular formula is C14H22ClN3O3. The van der Waals surface area contributed by atoms with E-state index in [0.717, 1.165) is 0 Å². The van der Waals surface area contributed by atoms with E-state index in [1.165, 1.54) is 17.5 Å². The Bertz CT molecular complexity index is 500. The van der Waals surface area contributed by atoms with Crippen molar-refractivity contribution in [2.24, 2.45) is 13.0 Å². The molecule has 7 heteroatoms. The smallest absolute Gasteiger partial charge is 0.256 e. The van der Waals surface area contributed by atoms with Crippen LogP contribution in [0.25, 0.3) is 0 Å². The minimum atomic E-state index is -0.715. The Morgan fingerprint density at radius 1 is 1.62 bits per heavy atom. The van der Waals surface area contributed by atoms with Crippen molar-refractivity contribution in [3.05, 3.63) is 16.4 Å². The number of nitrogens with one attached hydrogen (secondary N) is 1. The molecule has 21 heavy (non-hydrogen) atoms. The Hall–Kier alpha value is -1.11. The molecule has 0 radical (unpaired) electrons. The van der Waals surface area contributed by atoms with Crippen LogP contribution in [0.3, 0.4) is 0 Å². The zero-order valence-corrected chi connectivity index (χ0v) is 13.2. The number of aromatic nitrogens is 2. The van der Waals surface area contributed by atoms with Gasteiger partial charge in [0.25, 0.3) is 5.91 Å². The standard InChI is InChI=1S/C14H22ClN3O3/c1-3-11-12(13(15)18(2)17-11)14(20)16-6-10(19)8-21-7-9-4-5-9/h9-10,19H,3-8H2,1-2H3,(H,16,20). The van der Waals surface area contributed by atoms with Crippen molar-refractivity contribution in [1.82, 2.24) is 15.1 Å². The van der Waals surface area contributed by atoms with Crippen molar-refractivity contribution in [2.75, 3.05) is 19.8 Å². The van der Waals surface area contributed by atoms with Crippen LogP contribution in [0, 0.1) is 5.92 Å². The lowest BCUT2D eigenvalue weighted by Gasteiger charge is -2.12. The molecule has 2 rings (SSSR count). The van der Waals surface area contributed by atoms with Gasteiger partial charge in [0.2, 0.25) is 0 Å². The molecule has 1 heterocycles. The molecule has 1 saturated carbocycles. The summed E-state index contributed by atoms with van der Waals surface area (Å²) in [5, 5.41) is 17.0. The molecule has 0 spiro atoms. The van der Waals surface area contributed by atoms with Gasteiger partial charge in [-0.15, -0.1) is 0 Å². The third-order valence-corrected chi connectivity index (χ3v) is 3.90. The number of amides is 1. The van der Waals surface area contributed by atoms with Crippen molar-refractivity contribution in [1.29, 1.82) is 0 Å². The highest BCUT2D eigenvalue weighted by Crippen LogP contribution is 2.28. The van der Waals surface area contributed by atoms with Gasteiger partial charge in [-0.1, -0.05) is 18.5 Å². The monoisotopic (exact) mass is 315 g/mol. The zero-order chi connectivity index (χ0) is 15.4. The van der Waals surface area contributed by atoms with Crippen molar-refractivity contribution in [3.63, 3.8) is 0 Å². The van der Waals surface area contributed by atoms with E-state index in [1.807, 2.05) is 6.92 Å². The van der Waals surface area contributed by atoms with Crippen LogP contribution in [-0.4, -0.2) is 46.7 Å². The van der Waals surface area contributed by atoms with Gasteiger partial charge < -0.3 is 15.2 Å². The normalized spacial score (nSPS) is 16.0. The van der Waals surface area contributed by atoms with Crippen LogP contribution in [0.4, 0.5) is 0 Å². The molecule has 1 aromatic heterocycles. The number of carbonyl (C=O) groups excluding carboxylic acids is 1. The highest BCUT2D eigenvalue weighted by molar-refractivity contribution is 6.33. The number of ether oxygens (including phenoxy) is 1. The topological polar surface area (TPSA) is 76.4 Å². The number of hydrogen-bond acceptors (Lipinski definition) is 4. The first-order valence-corrected chi connectivity index (χ1v) is 7.66. The second-order valence-electron chi connectivity index (χ2n) is 5.43. The molecule has 1 atom stereocenters. The Morgan fingerprint density at radius 3 is 2.95 bits per heavy atom. The van der Waals surface area contributed by atoms with Crippen LogP contribution in [0.15, 0.2) is 0 Å². The summed E-state index contributed by atoms with van der Waals surface area (Å²) in [6, 6.07) is 0. The SMILES string of the molecule is CCc1nn(C)c(Cl)c1C(=O)NCC(O)COCC1CC1. The van der Waals surface area contributed by atoms with Gasteiger partial charge in [0.05, 0.1) is 24.0 Å². The summed E-state index contributed by atoms with van der Waals surface area (Å²) < 4.78 is 6.86. The summed E-state index contributed by atoms with van der Waals surface area (Å²) in [4.78, 5) is 12.2. The van der Waals surface area contributed by atoms with Crippen LogP contribution in [0.2, 0.25) is 5.15 Å². The van der Waals surface area contributed by atoms with Crippen LogP contribution >= 0.6 is 11.6 Å². The zero-order valence-electron chi connectivity index (χ0n) is 12.4. The number of carbonyl (C=O) groups is 1. The number of rotatable bonds is 8. The molecule has 0 aliphatic heterocycles. The van der Waals surface area contributed by atoms with E-state index in [-0.39, 0.29) is 19.1 Å². The van der Waals surface area contributed by atoms with Gasteiger partial charge in [-0.2, -0.15) is 5.10 Å². The van der Waals surface area contributed by atoms with Gasteiger partial charge in [-0.25, -0.2) is 0 Å². The maximum atomic E-state index is 12.2. The number of aryl methyl sites for hydroxylation is 2. The lowest BCUT2D eigenvalue weighted by Crippen LogP contribution is -2.35. The lowest BCUT2D eigenvalue weighted by molar-refractivity contribution is 0.0320. The van der Waals surface area contributed by atoms with E-state index in [2.05, 4.69) is 10.4 Å². The Balaban J connectivity index is 1.80. The number of aliphatic hydroxyl groups is 1. The molecule has 1 aliphatic carbocycles. The fourth-order valence-corrected chi connectivity index (χ4v) is 2.27. The van der Waals surface area contributed by atoms with E-state index in [4.69, 9.17) is 16.3 Å². The molecule has 1 unspecified atom stereocenters. The van der Waals surface area contributed by atoms with Gasteiger partial charge in [0.15, 0.2) is 0 Å². The van der Waals surface area contributed by atoms with E-state index in [0.29, 0.717) is 35.4 Å². The molecular weight excluding hydrogens is 294 g/mol. The fourth-order valence-electron chi connectivity index (χ4n) is 2.04. The minimum absolute atomic E-state index is 0.137. The van der Waals surface area contributed by atoms with Crippen LogP contribution in [0.5, 0.6) is 0 Å². The highest BCUT2D eigenvalue weighted by atomic mass is 35.5. The average molecular weight is 316 g/mol. The highest BCUT2D eigenvalue weighted by Gasteiger charge is 2.23. The van der Waals surface area contributed by atoms with Crippen LogP contribution in [-0.2, 0) is 18.2 Å². The molecule has 0 aromatic carbocycles. The number of halogens is 1. The number of aliphatic hydroxyl groups excluding tert-OH is 1. The second-order valence-corrected chi connectivity index (χ2v) is 5.79. The van der Waals surface area contributed by atoms with E-state index in [1.54, 1.807) is 7.05 Å². The van der Waals surface area contributed by atoms with Gasteiger partial charge in [-0.05, 0) is 25.2 Å². The maximum absolute atomic E-state index is 12.2. The average Bonchev–Trinajstić information content (AvgIpc) is 3.23. The Kier molecular flexibility index (Phi) is 5.61. The molecule has 6 nitrogen and oxygen atoms in total. The Morgan fingerprint density at radius 2 is 2.33 bits per heavy atom. The third kappa shape index (κ3) is 4.43. The predicted molar refractivity (Wildman–Crippen MR) is 79.5 cm³/mol. The van der Waals surface area contributed by atoms with E-state index >= 15 is 0 Å². The van der Waals surface area contributed by atoms with Crippen molar-refractivity contribution in [3.8, 4) is 0 Å². The fraction of sp³-hybridized carbons (Fsp3) is 0.714. The molecule has 0 bridgehead atoms. The first-order chi connectivity index (χ1) is 10.0. The summed E-state index contributed by atoms with van der Waals surface area (Å²) in [5.74, 6) is 0.347. The van der Waals surface area contributed by atoms with Crippen LogP contribution in [0.1, 0.15) is 35.8 Å². The lowest BCUT2D eigenvalue weighted by atomic mass is 10.2. The number of hydrogen-bond donors (Lipinski definition) is 2.